The first-order valence-electron chi connectivity index (χ1n) is 6.49. The zero-order valence-electron chi connectivity index (χ0n) is 12.2. The van der Waals surface area contributed by atoms with Crippen molar-refractivity contribution in [2.45, 2.75) is 19.6 Å². The summed E-state index contributed by atoms with van der Waals surface area (Å²) in [4.78, 5) is 11.8. The molecule has 6 nitrogen and oxygen atoms in total. The molecule has 0 saturated carbocycles. The zero-order valence-corrected chi connectivity index (χ0v) is 12.2. The monoisotopic (exact) mass is 290 g/mol. The third kappa shape index (κ3) is 3.41. The predicted molar refractivity (Wildman–Crippen MR) is 77.7 cm³/mol. The van der Waals surface area contributed by atoms with Gasteiger partial charge in [-0.25, -0.2) is 4.68 Å². The minimum absolute atomic E-state index is 0.0573. The lowest BCUT2D eigenvalue weighted by molar-refractivity contribution is 0.145. The number of methoxy groups -OCH3 is 2. The van der Waals surface area contributed by atoms with Crippen molar-refractivity contribution in [1.29, 1.82) is 0 Å². The number of ether oxygens (including phenoxy) is 2. The third-order valence-corrected chi connectivity index (χ3v) is 3.15. The van der Waals surface area contributed by atoms with Crippen LogP contribution < -0.4 is 15.0 Å². The van der Waals surface area contributed by atoms with Crippen LogP contribution in [0, 0.1) is 6.92 Å². The molecule has 0 aliphatic heterocycles. The predicted octanol–water partition coefficient (Wildman–Crippen LogP) is 1.30. The molecule has 1 aromatic carbocycles. The Morgan fingerprint density at radius 2 is 2.05 bits per heavy atom. The van der Waals surface area contributed by atoms with E-state index in [2.05, 4.69) is 5.10 Å². The zero-order chi connectivity index (χ0) is 15.4. The maximum atomic E-state index is 11.8. The van der Waals surface area contributed by atoms with Crippen molar-refractivity contribution in [2.75, 3.05) is 14.2 Å². The lowest BCUT2D eigenvalue weighted by Crippen LogP contribution is -2.25. The van der Waals surface area contributed by atoms with E-state index in [9.17, 15) is 9.90 Å². The summed E-state index contributed by atoms with van der Waals surface area (Å²) in [6.07, 6.45) is 0.679. The fourth-order valence-corrected chi connectivity index (χ4v) is 2.02. The highest BCUT2D eigenvalue weighted by Crippen LogP contribution is 2.29. The summed E-state index contributed by atoms with van der Waals surface area (Å²) in [5.41, 5.74) is 1.11. The number of hydrogen-bond acceptors (Lipinski definition) is 5. The van der Waals surface area contributed by atoms with E-state index in [1.54, 1.807) is 38.4 Å². The number of nitrogens with zero attached hydrogens (tertiary/aromatic N) is 2. The average molecular weight is 290 g/mol. The molecule has 2 aromatic rings. The van der Waals surface area contributed by atoms with Crippen LogP contribution in [0.2, 0.25) is 0 Å². The van der Waals surface area contributed by atoms with E-state index in [4.69, 9.17) is 9.47 Å². The molecule has 0 aliphatic rings. The molecule has 112 valence electrons. The van der Waals surface area contributed by atoms with Gasteiger partial charge < -0.3 is 14.6 Å². The van der Waals surface area contributed by atoms with Gasteiger partial charge in [-0.2, -0.15) is 5.10 Å². The van der Waals surface area contributed by atoms with Crippen molar-refractivity contribution in [2.24, 2.45) is 0 Å². The average Bonchev–Trinajstić information content (AvgIpc) is 2.49. The first-order chi connectivity index (χ1) is 10.0. The van der Waals surface area contributed by atoms with Crippen molar-refractivity contribution in [3.05, 3.63) is 51.9 Å². The molecule has 0 spiro atoms. The van der Waals surface area contributed by atoms with Crippen molar-refractivity contribution in [3.63, 3.8) is 0 Å². The van der Waals surface area contributed by atoms with Crippen LogP contribution in [0.4, 0.5) is 0 Å². The first-order valence-corrected chi connectivity index (χ1v) is 6.49. The molecule has 0 radical (unpaired) electrons. The highest BCUT2D eigenvalue weighted by molar-refractivity contribution is 5.41. The molecule has 1 unspecified atom stereocenters. The number of aliphatic hydroxyl groups is 1. The van der Waals surface area contributed by atoms with E-state index >= 15 is 0 Å². The van der Waals surface area contributed by atoms with Gasteiger partial charge in [-0.15, -0.1) is 0 Å². The lowest BCUT2D eigenvalue weighted by atomic mass is 10.1. The van der Waals surface area contributed by atoms with Crippen LogP contribution in [0.25, 0.3) is 0 Å². The fourth-order valence-electron chi connectivity index (χ4n) is 2.02. The Labute approximate surface area is 122 Å². The largest absolute Gasteiger partial charge is 0.497 e. The smallest absolute Gasteiger partial charge is 0.267 e. The molecule has 0 aliphatic carbocycles. The SMILES string of the molecule is COc1ccc(C(O)Cn2ncc(C)cc2=O)c(OC)c1. The van der Waals surface area contributed by atoms with Gasteiger partial charge in [0.05, 0.1) is 27.0 Å². The second-order valence-electron chi connectivity index (χ2n) is 4.68. The number of aromatic nitrogens is 2. The Hall–Kier alpha value is -2.34. The van der Waals surface area contributed by atoms with Crippen LogP contribution in [0.15, 0.2) is 35.3 Å². The van der Waals surface area contributed by atoms with E-state index in [1.165, 1.54) is 17.9 Å². The highest BCUT2D eigenvalue weighted by atomic mass is 16.5. The summed E-state index contributed by atoms with van der Waals surface area (Å²) in [7, 11) is 3.07. The molecule has 1 aromatic heterocycles. The summed E-state index contributed by atoms with van der Waals surface area (Å²) in [5, 5.41) is 14.3. The standard InChI is InChI=1S/C15H18N2O4/c1-10-6-15(19)17(16-8-10)9-13(18)12-5-4-11(20-2)7-14(12)21-3/h4-8,13,18H,9H2,1-3H3. The Bertz CT molecular complexity index is 682. The van der Waals surface area contributed by atoms with Crippen LogP contribution >= 0.6 is 0 Å². The third-order valence-electron chi connectivity index (χ3n) is 3.15. The number of benzene rings is 1. The fraction of sp³-hybridized carbons (Fsp3) is 0.333. The van der Waals surface area contributed by atoms with Gasteiger partial charge in [-0.05, 0) is 24.6 Å². The Kier molecular flexibility index (Phi) is 4.59. The van der Waals surface area contributed by atoms with Gasteiger partial charge in [0.25, 0.3) is 5.56 Å². The van der Waals surface area contributed by atoms with Crippen LogP contribution in [-0.4, -0.2) is 29.1 Å². The van der Waals surface area contributed by atoms with E-state index in [1.807, 2.05) is 0 Å². The van der Waals surface area contributed by atoms with Crippen LogP contribution in [0.1, 0.15) is 17.2 Å². The van der Waals surface area contributed by atoms with Gasteiger partial charge in [-0.1, -0.05) is 0 Å². The van der Waals surface area contributed by atoms with Crippen molar-refractivity contribution >= 4 is 0 Å². The molecule has 0 saturated heterocycles. The quantitative estimate of drug-likeness (QED) is 0.898. The molecule has 1 heterocycles. The second kappa shape index (κ2) is 6.41. The maximum Gasteiger partial charge on any atom is 0.267 e. The van der Waals surface area contributed by atoms with E-state index in [-0.39, 0.29) is 12.1 Å². The molecule has 6 heteroatoms. The lowest BCUT2D eigenvalue weighted by Gasteiger charge is -2.16. The second-order valence-corrected chi connectivity index (χ2v) is 4.68. The van der Waals surface area contributed by atoms with Gasteiger partial charge in [0.15, 0.2) is 0 Å². The minimum Gasteiger partial charge on any atom is -0.497 e. The molecular formula is C15H18N2O4. The van der Waals surface area contributed by atoms with Crippen LogP contribution in [-0.2, 0) is 6.54 Å². The minimum atomic E-state index is -0.904. The normalized spacial score (nSPS) is 12.0. The number of aryl methyl sites for hydroxylation is 1. The first kappa shape index (κ1) is 15.1. The summed E-state index contributed by atoms with van der Waals surface area (Å²) in [6.45, 7) is 1.85. The topological polar surface area (TPSA) is 73.6 Å². The summed E-state index contributed by atoms with van der Waals surface area (Å²) in [6, 6.07) is 6.60. The van der Waals surface area contributed by atoms with Crippen LogP contribution in [0.5, 0.6) is 11.5 Å². The molecular weight excluding hydrogens is 272 g/mol. The van der Waals surface area contributed by atoms with E-state index in [0.717, 1.165) is 5.56 Å². The molecule has 21 heavy (non-hydrogen) atoms. The number of rotatable bonds is 5. The van der Waals surface area contributed by atoms with E-state index < -0.39 is 6.10 Å². The van der Waals surface area contributed by atoms with Crippen molar-refractivity contribution in [1.82, 2.24) is 9.78 Å². The molecule has 0 bridgehead atoms. The molecule has 0 amide bonds. The summed E-state index contributed by atoms with van der Waals surface area (Å²) in [5.74, 6) is 1.13. The number of aliphatic hydroxyl groups excluding tert-OH is 1. The Balaban J connectivity index is 2.27. The van der Waals surface area contributed by atoms with Gasteiger partial charge >= 0.3 is 0 Å². The molecule has 1 atom stereocenters. The van der Waals surface area contributed by atoms with Gasteiger partial charge in [0.2, 0.25) is 0 Å². The summed E-state index contributed by atoms with van der Waals surface area (Å²) < 4.78 is 11.6. The molecule has 1 N–H and O–H groups in total. The van der Waals surface area contributed by atoms with Gasteiger partial charge in [0, 0.05) is 17.7 Å². The highest BCUT2D eigenvalue weighted by Gasteiger charge is 2.16. The summed E-state index contributed by atoms with van der Waals surface area (Å²) >= 11 is 0. The molecule has 2 rings (SSSR count). The van der Waals surface area contributed by atoms with Crippen molar-refractivity contribution in [3.8, 4) is 11.5 Å². The molecule has 0 fully saturated rings. The maximum absolute atomic E-state index is 11.8. The number of hydrogen-bond donors (Lipinski definition) is 1. The Morgan fingerprint density at radius 3 is 2.67 bits per heavy atom. The van der Waals surface area contributed by atoms with Gasteiger partial charge in [0.1, 0.15) is 17.6 Å². The van der Waals surface area contributed by atoms with Crippen molar-refractivity contribution < 1.29 is 14.6 Å². The van der Waals surface area contributed by atoms with E-state index in [0.29, 0.717) is 17.1 Å². The van der Waals surface area contributed by atoms with Crippen LogP contribution in [0.3, 0.4) is 0 Å². The van der Waals surface area contributed by atoms with Gasteiger partial charge in [-0.3, -0.25) is 4.79 Å². The Morgan fingerprint density at radius 1 is 1.29 bits per heavy atom.